The normalized spacial score (nSPS) is 16.5. The number of hydrogen-bond acceptors (Lipinski definition) is 3. The highest BCUT2D eigenvalue weighted by Gasteiger charge is 2.44. The maximum atomic E-state index is 13.1. The molecule has 0 aromatic heterocycles. The first-order valence-corrected chi connectivity index (χ1v) is 8.91. The van der Waals surface area contributed by atoms with Crippen LogP contribution >= 0.6 is 11.6 Å². The van der Waals surface area contributed by atoms with Gasteiger partial charge in [0, 0.05) is 17.1 Å². The molecular weight excluding hydrogens is 364 g/mol. The van der Waals surface area contributed by atoms with Gasteiger partial charge in [-0.1, -0.05) is 35.9 Å². The number of halogens is 1. The van der Waals surface area contributed by atoms with Crippen molar-refractivity contribution in [1.82, 2.24) is 4.90 Å². The molecule has 0 bridgehead atoms. The van der Waals surface area contributed by atoms with Crippen LogP contribution < -0.4 is 4.90 Å². The van der Waals surface area contributed by atoms with Gasteiger partial charge in [0.1, 0.15) is 6.04 Å². The zero-order valence-corrected chi connectivity index (χ0v) is 15.6. The number of carbonyl (C=O) groups is 3. The second-order valence-corrected chi connectivity index (χ2v) is 6.76. The van der Waals surface area contributed by atoms with Crippen LogP contribution in [0.1, 0.15) is 22.3 Å². The van der Waals surface area contributed by atoms with Gasteiger partial charge in [-0.05, 0) is 42.8 Å². The van der Waals surface area contributed by atoms with E-state index in [4.69, 9.17) is 11.6 Å². The third-order valence-corrected chi connectivity index (χ3v) is 4.80. The van der Waals surface area contributed by atoms with E-state index in [1.807, 2.05) is 19.1 Å². The molecule has 5 nitrogen and oxygen atoms in total. The van der Waals surface area contributed by atoms with E-state index in [0.29, 0.717) is 16.3 Å². The molecule has 138 valence electrons. The average molecular weight is 383 g/mol. The summed E-state index contributed by atoms with van der Waals surface area (Å²) in [5.74, 6) is -1.07. The molecule has 1 atom stereocenters. The van der Waals surface area contributed by atoms with Gasteiger partial charge in [-0.2, -0.15) is 0 Å². The highest BCUT2D eigenvalue weighted by molar-refractivity contribution is 6.31. The van der Waals surface area contributed by atoms with Gasteiger partial charge in [-0.25, -0.2) is 4.90 Å². The lowest BCUT2D eigenvalue weighted by molar-refractivity contribution is -0.122. The Hall–Kier alpha value is -2.92. The summed E-state index contributed by atoms with van der Waals surface area (Å²) in [6, 6.07) is 12.8. The molecule has 0 saturated carbocycles. The van der Waals surface area contributed by atoms with Crippen molar-refractivity contribution in [3.8, 4) is 0 Å². The molecule has 1 aliphatic rings. The van der Waals surface area contributed by atoms with Gasteiger partial charge in [0.05, 0.1) is 12.1 Å². The number of hydrogen-bond donors (Lipinski definition) is 0. The first kappa shape index (κ1) is 18.9. The van der Waals surface area contributed by atoms with Crippen molar-refractivity contribution in [1.29, 1.82) is 0 Å². The molecule has 3 amide bonds. The van der Waals surface area contributed by atoms with E-state index in [0.717, 1.165) is 10.5 Å². The van der Waals surface area contributed by atoms with Crippen molar-refractivity contribution in [3.63, 3.8) is 0 Å². The van der Waals surface area contributed by atoms with Gasteiger partial charge >= 0.3 is 0 Å². The van der Waals surface area contributed by atoms with Crippen LogP contribution in [0, 0.1) is 6.92 Å². The predicted molar refractivity (Wildman–Crippen MR) is 105 cm³/mol. The molecule has 0 radical (unpaired) electrons. The first-order chi connectivity index (χ1) is 12.9. The molecule has 1 fully saturated rings. The Morgan fingerprint density at radius 1 is 1.22 bits per heavy atom. The number of aryl methyl sites for hydroxylation is 1. The fourth-order valence-electron chi connectivity index (χ4n) is 3.18. The van der Waals surface area contributed by atoms with Crippen LogP contribution in [0.15, 0.2) is 61.2 Å². The van der Waals surface area contributed by atoms with Crippen LogP contribution in [0.3, 0.4) is 0 Å². The number of rotatable bonds is 5. The molecule has 2 aromatic carbocycles. The zero-order valence-electron chi connectivity index (χ0n) is 14.9. The molecule has 0 spiro atoms. The van der Waals surface area contributed by atoms with Gasteiger partial charge in [0.2, 0.25) is 5.91 Å². The van der Waals surface area contributed by atoms with Crippen LogP contribution in [0.5, 0.6) is 0 Å². The summed E-state index contributed by atoms with van der Waals surface area (Å²) in [4.78, 5) is 41.1. The lowest BCUT2D eigenvalue weighted by Crippen LogP contribution is -2.45. The smallest absolute Gasteiger partial charge is 0.257 e. The van der Waals surface area contributed by atoms with E-state index >= 15 is 0 Å². The minimum Gasteiger partial charge on any atom is -0.322 e. The van der Waals surface area contributed by atoms with E-state index in [2.05, 4.69) is 6.58 Å². The molecule has 1 aliphatic heterocycles. The molecule has 27 heavy (non-hydrogen) atoms. The molecule has 3 rings (SSSR count). The van der Waals surface area contributed by atoms with Crippen molar-refractivity contribution in [3.05, 3.63) is 77.3 Å². The molecule has 1 saturated heterocycles. The number of benzene rings is 2. The molecule has 2 aromatic rings. The predicted octanol–water partition coefficient (Wildman–Crippen LogP) is 3.61. The van der Waals surface area contributed by atoms with E-state index in [-0.39, 0.29) is 24.8 Å². The summed E-state index contributed by atoms with van der Waals surface area (Å²) in [6.07, 6.45) is 1.49. The summed E-state index contributed by atoms with van der Waals surface area (Å²) < 4.78 is 0. The zero-order chi connectivity index (χ0) is 19.6. The van der Waals surface area contributed by atoms with E-state index < -0.39 is 11.9 Å². The number of nitrogens with zero attached hydrogens (tertiary/aromatic N) is 2. The summed E-state index contributed by atoms with van der Waals surface area (Å²) in [7, 11) is 0. The first-order valence-electron chi connectivity index (χ1n) is 8.54. The standard InChI is InChI=1S/C21H19ClN2O3/c1-3-12-23(20(26)17-7-5-4-6-14(17)2)18-13-19(25)24(21(18)27)16-10-8-15(22)9-11-16/h3-11,18H,1,12-13H2,2H3. The van der Waals surface area contributed by atoms with E-state index in [1.165, 1.54) is 4.90 Å². The number of anilines is 1. The SMILES string of the molecule is C=CCN(C(=O)c1ccccc1C)C1CC(=O)N(c2ccc(Cl)cc2)C1=O. The molecule has 1 heterocycles. The largest absolute Gasteiger partial charge is 0.322 e. The Bertz CT molecular complexity index is 908. The van der Waals surface area contributed by atoms with Gasteiger partial charge in [-0.15, -0.1) is 6.58 Å². The van der Waals surface area contributed by atoms with Gasteiger partial charge < -0.3 is 4.90 Å². The Balaban J connectivity index is 1.92. The van der Waals surface area contributed by atoms with Crippen molar-refractivity contribution >= 4 is 35.0 Å². The van der Waals surface area contributed by atoms with Crippen LogP contribution in [0.4, 0.5) is 5.69 Å². The topological polar surface area (TPSA) is 57.7 Å². The third-order valence-electron chi connectivity index (χ3n) is 4.55. The minimum atomic E-state index is -0.863. The lowest BCUT2D eigenvalue weighted by Gasteiger charge is -2.27. The number of amides is 3. The highest BCUT2D eigenvalue weighted by Crippen LogP contribution is 2.28. The van der Waals surface area contributed by atoms with Crippen LogP contribution in [0.2, 0.25) is 5.02 Å². The minimum absolute atomic E-state index is 0.0626. The van der Waals surface area contributed by atoms with Crippen molar-refractivity contribution in [2.75, 3.05) is 11.4 Å². The summed E-state index contributed by atoms with van der Waals surface area (Å²) in [6.45, 7) is 5.69. The van der Waals surface area contributed by atoms with E-state index in [1.54, 1.807) is 42.5 Å². The summed E-state index contributed by atoms with van der Waals surface area (Å²) in [5, 5.41) is 0.511. The molecular formula is C21H19ClN2O3. The second kappa shape index (κ2) is 7.76. The molecule has 0 N–H and O–H groups in total. The molecule has 6 heteroatoms. The monoisotopic (exact) mass is 382 g/mol. The van der Waals surface area contributed by atoms with Gasteiger partial charge in [-0.3, -0.25) is 14.4 Å². The fourth-order valence-corrected chi connectivity index (χ4v) is 3.31. The fraction of sp³-hybridized carbons (Fsp3) is 0.190. The average Bonchev–Trinajstić information content (AvgIpc) is 2.94. The Labute approximate surface area is 162 Å². The number of imide groups is 1. The lowest BCUT2D eigenvalue weighted by atomic mass is 10.1. The number of carbonyl (C=O) groups excluding carboxylic acids is 3. The highest BCUT2D eigenvalue weighted by atomic mass is 35.5. The van der Waals surface area contributed by atoms with Gasteiger partial charge in [0.25, 0.3) is 11.8 Å². The molecule has 0 aliphatic carbocycles. The summed E-state index contributed by atoms with van der Waals surface area (Å²) >= 11 is 5.88. The van der Waals surface area contributed by atoms with Crippen molar-refractivity contribution in [2.45, 2.75) is 19.4 Å². The maximum Gasteiger partial charge on any atom is 0.257 e. The quantitative estimate of drug-likeness (QED) is 0.586. The van der Waals surface area contributed by atoms with Crippen molar-refractivity contribution in [2.24, 2.45) is 0 Å². The van der Waals surface area contributed by atoms with Crippen LogP contribution in [-0.4, -0.2) is 35.2 Å². The Morgan fingerprint density at radius 3 is 2.52 bits per heavy atom. The molecule has 1 unspecified atom stereocenters. The maximum absolute atomic E-state index is 13.1. The Kier molecular flexibility index (Phi) is 5.42. The van der Waals surface area contributed by atoms with E-state index in [9.17, 15) is 14.4 Å². The summed E-state index contributed by atoms with van der Waals surface area (Å²) in [5.41, 5.74) is 1.76. The second-order valence-electron chi connectivity index (χ2n) is 6.32. The third kappa shape index (κ3) is 3.64. The Morgan fingerprint density at radius 2 is 1.89 bits per heavy atom. The van der Waals surface area contributed by atoms with Crippen molar-refractivity contribution < 1.29 is 14.4 Å². The van der Waals surface area contributed by atoms with Crippen LogP contribution in [-0.2, 0) is 9.59 Å². The van der Waals surface area contributed by atoms with Gasteiger partial charge in [0.15, 0.2) is 0 Å². The van der Waals surface area contributed by atoms with Crippen LogP contribution in [0.25, 0.3) is 0 Å².